The maximum absolute atomic E-state index is 14.4. The second kappa shape index (κ2) is 61.1. The van der Waals surface area contributed by atoms with Gasteiger partial charge in [-0.3, -0.25) is 43.8 Å². The van der Waals surface area contributed by atoms with Crippen LogP contribution in [0.4, 0.5) is 33.0 Å². The zero-order valence-corrected chi connectivity index (χ0v) is 85.0. The predicted octanol–water partition coefficient (Wildman–Crippen LogP) is 14.8. The molecule has 1 saturated heterocycles. The average Bonchev–Trinajstić information content (AvgIpc) is 0.847. The van der Waals surface area contributed by atoms with Gasteiger partial charge < -0.3 is 61.7 Å². The van der Waals surface area contributed by atoms with Crippen LogP contribution >= 0.6 is 34.8 Å². The lowest BCUT2D eigenvalue weighted by atomic mass is 9.99. The van der Waals surface area contributed by atoms with E-state index in [1.165, 1.54) is 97.9 Å². The van der Waals surface area contributed by atoms with Crippen LogP contribution in [0.3, 0.4) is 0 Å². The van der Waals surface area contributed by atoms with Crippen LogP contribution in [-0.4, -0.2) is 282 Å². The lowest BCUT2D eigenvalue weighted by Crippen LogP contribution is -2.41. The Labute approximate surface area is 842 Å². The van der Waals surface area contributed by atoms with E-state index in [-0.39, 0.29) is 65.3 Å². The van der Waals surface area contributed by atoms with Crippen molar-refractivity contribution in [2.75, 3.05) is 123 Å². The van der Waals surface area contributed by atoms with Crippen LogP contribution in [0, 0.1) is 0 Å². The molecular weight excluding hydrogens is 1870 g/mol. The zero-order valence-electron chi connectivity index (χ0n) is 82.7. The van der Waals surface area contributed by atoms with Gasteiger partial charge in [-0.2, -0.15) is 0 Å². The molecular formula is C105H142Cl3F4N17O12. The number of halogens is 7. The summed E-state index contributed by atoms with van der Waals surface area (Å²) in [7, 11) is 0. The van der Waals surface area contributed by atoms with E-state index < -0.39 is 71.4 Å². The molecule has 10 N–H and O–H groups in total. The van der Waals surface area contributed by atoms with Gasteiger partial charge in [0.05, 0.1) is 44.6 Å². The fourth-order valence-corrected chi connectivity index (χ4v) is 16.1. The number of fused-ring (bicyclic) bond motifs is 6. The number of β-amino-alcohol motifs (C(OH)–C–C–N with tert-alkyl or cyclic N) is 2. The standard InChI is InChI=1S/C20H24FN5O2.C17H18ClFN4O.C13H18FN.C13H19NO.C12H17FN2.C12H18N2O.C10H18O5.C5H2Cl2N2O.C3H8O/c21-16(10-26-6-5-14-3-1-2-4-15(14)9-26)8-22-20(27)18-7-19(24-13-23-18)25-17-11-28-12-17;18-16-7-15(21-11-22-16)17(24)20-8-14(19)10-23-6-5-12-3-1-2-4-13(12)9-23;1-2-13(14)10-15-8-7-11-5-3-4-6-12(11)9-15;1-2-13(15)10-14-8-7-11-5-3-4-6-12(11)9-14;13-12(7-14)9-15-6-5-10-3-1-2-4-11(10)8-15;13-7-12(15)9-14-6-5-10-3-1-2-4-11(10)8-14;1-9(2,3)14-7(11)13-8(12)15-10(4,5)6;6-4-1-3(5(7)10)8-2-9-4;1-3(2)4/h1-4,7,13,16-17H,5-6,8-12H2,(H,22,27)(H,23,24,25);1-4,7,11,14H,5-6,8-10H2,(H,20,24);3-6,13H,2,7-10H2,1H3;3-6,13,15H,2,7-10H2,1H3;1-4,12H,5-9,14H2;1-4,12,15H,5-9,13H2;1-6H3;1-2H;3-4H,1-2H3. The van der Waals surface area contributed by atoms with E-state index in [1.54, 1.807) is 61.5 Å². The first kappa shape index (κ1) is 116. The molecule has 141 heavy (non-hydrogen) atoms. The summed E-state index contributed by atoms with van der Waals surface area (Å²) in [6.07, 6.45) is 4.62. The Morgan fingerprint density at radius 1 is 0.418 bits per heavy atom. The Hall–Kier alpha value is -10.2. The molecule has 0 radical (unpaired) electrons. The normalized spacial score (nSPS) is 16.3. The number of carbonyl (C=O) groups excluding carboxylic acids is 5. The molecule has 7 aliphatic heterocycles. The summed E-state index contributed by atoms with van der Waals surface area (Å²) in [6.45, 7) is 33.0. The number of nitrogens with two attached hydrogens (primary N) is 2. The Morgan fingerprint density at radius 3 is 0.993 bits per heavy atom. The zero-order chi connectivity index (χ0) is 102. The number of amides is 2. The number of aliphatic hydroxyl groups is 3. The molecule has 16 rings (SSSR count). The molecule has 0 aliphatic carbocycles. The largest absolute Gasteiger partial charge is 0.519 e. The van der Waals surface area contributed by atoms with Crippen molar-refractivity contribution in [2.45, 2.75) is 220 Å². The van der Waals surface area contributed by atoms with Crippen molar-refractivity contribution in [2.24, 2.45) is 11.5 Å². The number of benzene rings is 6. The van der Waals surface area contributed by atoms with Crippen molar-refractivity contribution >= 4 is 70.0 Å². The van der Waals surface area contributed by atoms with E-state index in [4.69, 9.17) is 65.6 Å². The van der Waals surface area contributed by atoms with Crippen LogP contribution in [0.15, 0.2) is 183 Å². The lowest BCUT2D eigenvalue weighted by molar-refractivity contribution is -0.0294. The van der Waals surface area contributed by atoms with Crippen molar-refractivity contribution in [1.29, 1.82) is 0 Å². The highest BCUT2D eigenvalue weighted by Crippen LogP contribution is 2.27. The molecule has 6 atom stereocenters. The van der Waals surface area contributed by atoms with Gasteiger partial charge in [-0.1, -0.05) is 183 Å². The first-order valence-corrected chi connectivity index (χ1v) is 49.3. The molecule has 7 aliphatic rings. The van der Waals surface area contributed by atoms with E-state index in [1.807, 2.05) is 44.2 Å². The van der Waals surface area contributed by atoms with Crippen molar-refractivity contribution in [3.05, 3.63) is 277 Å². The number of alkyl halides is 4. The van der Waals surface area contributed by atoms with Crippen LogP contribution in [0.2, 0.25) is 10.3 Å². The quantitative estimate of drug-likeness (QED) is 0.00866. The summed E-state index contributed by atoms with van der Waals surface area (Å²) in [5, 5.41) is 35.3. The molecule has 10 heterocycles. The van der Waals surface area contributed by atoms with E-state index in [0.717, 1.165) is 130 Å². The lowest BCUT2D eigenvalue weighted by Gasteiger charge is -2.30. The highest BCUT2D eigenvalue weighted by atomic mass is 35.5. The second-order valence-corrected chi connectivity index (χ2v) is 38.6. The monoisotopic (exact) mass is 2010 g/mol. The Kier molecular flexibility index (Phi) is 50.3. The smallest absolute Gasteiger partial charge is 0.428 e. The fourth-order valence-electron chi connectivity index (χ4n) is 15.7. The minimum atomic E-state index is -1.14. The average molecular weight is 2020 g/mol. The molecule has 6 aromatic carbocycles. The van der Waals surface area contributed by atoms with Crippen LogP contribution in [0.5, 0.6) is 0 Å². The van der Waals surface area contributed by atoms with Gasteiger partial charge in [0, 0.05) is 155 Å². The molecule has 9 aromatic rings. The third-order valence-electron chi connectivity index (χ3n) is 23.0. The molecule has 0 spiro atoms. The summed E-state index contributed by atoms with van der Waals surface area (Å²) >= 11 is 16.2. The van der Waals surface area contributed by atoms with Crippen LogP contribution in [0.25, 0.3) is 0 Å². The number of rotatable bonds is 25. The summed E-state index contributed by atoms with van der Waals surface area (Å²) < 4.78 is 73.9. The van der Waals surface area contributed by atoms with Crippen LogP contribution < -0.4 is 27.4 Å². The van der Waals surface area contributed by atoms with Crippen molar-refractivity contribution in [3.63, 3.8) is 0 Å². The number of hydrogen-bond acceptors (Lipinski definition) is 27. The van der Waals surface area contributed by atoms with Gasteiger partial charge in [-0.05, 0) is 185 Å². The maximum atomic E-state index is 14.4. The van der Waals surface area contributed by atoms with E-state index in [0.29, 0.717) is 64.7 Å². The van der Waals surface area contributed by atoms with E-state index in [9.17, 15) is 51.7 Å². The van der Waals surface area contributed by atoms with Gasteiger partial charge in [0.15, 0.2) is 0 Å². The molecule has 768 valence electrons. The minimum Gasteiger partial charge on any atom is -0.428 e. The topological polar surface area (TPSA) is 368 Å². The number of nitrogens with zero attached hydrogens (tertiary/aromatic N) is 12. The summed E-state index contributed by atoms with van der Waals surface area (Å²) in [5.74, 6) is -0.287. The Morgan fingerprint density at radius 2 is 0.709 bits per heavy atom. The fraction of sp³-hybridized carbons (Fsp3) is 0.495. The first-order chi connectivity index (χ1) is 67.4. The Balaban J connectivity index is 0.000000200. The minimum absolute atomic E-state index is 0.0415. The molecule has 29 nitrogen and oxygen atoms in total. The number of carbonyl (C=O) groups is 5. The molecule has 2 amide bonds. The van der Waals surface area contributed by atoms with Gasteiger partial charge >= 0.3 is 12.3 Å². The van der Waals surface area contributed by atoms with Crippen LogP contribution in [0.1, 0.15) is 180 Å². The van der Waals surface area contributed by atoms with Crippen molar-refractivity contribution in [3.8, 4) is 0 Å². The third-order valence-corrected chi connectivity index (χ3v) is 23.6. The van der Waals surface area contributed by atoms with Gasteiger partial charge in [-0.15, -0.1) is 0 Å². The SMILES string of the molecule is CC(C)(C)OC(=O)OC(=O)OC(C)(C)C.CC(C)O.CCC(F)CN1CCc2ccccc2C1.CCC(O)CN1CCc2ccccc2C1.NCC(F)CN1CCc2ccccc2C1.NCC(O)CN1CCc2ccccc2C1.O=C(Cl)c1cc(Cl)ncn1.O=C(NCC(F)CN1CCc2ccccc2C1)c1cc(Cl)ncn1.O=C(NCC(F)CN1CCc2ccccc2C1)c1cc(NC2COC2)ncn1. The van der Waals surface area contributed by atoms with Crippen molar-refractivity contribution < 1.29 is 75.8 Å². The summed E-state index contributed by atoms with van der Waals surface area (Å²) in [6, 6.07) is 54.9. The van der Waals surface area contributed by atoms with Crippen LogP contribution in [-0.2, 0) is 96.7 Å². The number of aliphatic hydroxyl groups excluding tert-OH is 3. The molecule has 0 bridgehead atoms. The summed E-state index contributed by atoms with van der Waals surface area (Å²) in [5.41, 5.74) is 26.2. The Bertz CT molecular complexity index is 5000. The maximum Gasteiger partial charge on any atom is 0.519 e. The van der Waals surface area contributed by atoms with Gasteiger partial charge in [0.25, 0.3) is 17.1 Å². The second-order valence-electron chi connectivity index (χ2n) is 37.4. The molecule has 0 saturated carbocycles. The summed E-state index contributed by atoms with van der Waals surface area (Å²) in [4.78, 5) is 92.5. The predicted molar refractivity (Wildman–Crippen MR) is 543 cm³/mol. The van der Waals surface area contributed by atoms with Gasteiger partial charge in [0.1, 0.15) is 88.1 Å². The number of hydrogen-bond donors (Lipinski definition) is 8. The van der Waals surface area contributed by atoms with Crippen molar-refractivity contribution in [1.82, 2.24) is 69.9 Å². The molecule has 36 heteroatoms. The highest BCUT2D eigenvalue weighted by Gasteiger charge is 2.29. The molecule has 6 unspecified atom stereocenters. The number of anilines is 1. The third kappa shape index (κ3) is 44.7. The first-order valence-electron chi connectivity index (χ1n) is 48.2. The molecule has 3 aromatic heterocycles. The van der Waals surface area contributed by atoms with Gasteiger partial charge in [-0.25, -0.2) is 57.1 Å². The molecule has 1 fully saturated rings. The van der Waals surface area contributed by atoms with E-state index >= 15 is 0 Å². The van der Waals surface area contributed by atoms with E-state index in [2.05, 4.69) is 195 Å². The number of aromatic nitrogens is 6. The number of ether oxygens (including phenoxy) is 4. The number of nitrogens with one attached hydrogen (secondary N) is 3. The highest BCUT2D eigenvalue weighted by molar-refractivity contribution is 6.67. The van der Waals surface area contributed by atoms with Gasteiger partial charge in [0.2, 0.25) is 0 Å².